The van der Waals surface area contributed by atoms with E-state index in [2.05, 4.69) is 100 Å². The molecule has 0 saturated heterocycles. The second-order valence-electron chi connectivity index (χ2n) is 30.5. The third-order valence-electron chi connectivity index (χ3n) is 22.8. The van der Waals surface area contributed by atoms with Crippen molar-refractivity contribution >= 4 is 213 Å². The molecule has 2 aliphatic rings. The minimum absolute atomic E-state index is 0. The van der Waals surface area contributed by atoms with Gasteiger partial charge in [-0.3, -0.25) is 24.0 Å². The van der Waals surface area contributed by atoms with Crippen molar-refractivity contribution in [2.75, 3.05) is 6.61 Å². The van der Waals surface area contributed by atoms with Gasteiger partial charge < -0.3 is 42.9 Å². The monoisotopic (exact) mass is 1830 g/mol. The van der Waals surface area contributed by atoms with Gasteiger partial charge in [-0.25, -0.2) is 4.79 Å². The molecule has 6 heterocycles. The molecule has 0 amide bonds. The predicted molar refractivity (Wildman–Crippen MR) is 521 cm³/mol. The molecule has 634 valence electrons. The minimum atomic E-state index is -1.60. The summed E-state index contributed by atoms with van der Waals surface area (Å²) < 4.78 is 36.9. The summed E-state index contributed by atoms with van der Waals surface area (Å²) in [5, 5.41) is 28.4. The molecular weight excluding hydrogens is 1760 g/mol. The van der Waals surface area contributed by atoms with Gasteiger partial charge in [0.1, 0.15) is 55.8 Å². The Labute approximate surface area is 763 Å². The average molecular weight is 1830 g/mol. The van der Waals surface area contributed by atoms with Gasteiger partial charge in [-0.1, -0.05) is 199 Å². The fourth-order valence-corrected chi connectivity index (χ4v) is 17.7. The number of rotatable bonds is 6. The molecule has 22 heteroatoms. The van der Waals surface area contributed by atoms with Crippen LogP contribution in [0.15, 0.2) is 373 Å². The van der Waals surface area contributed by atoms with Crippen LogP contribution in [0, 0.1) is 0 Å². The zero-order valence-corrected chi connectivity index (χ0v) is 72.8. The topological polar surface area (TPSA) is 257 Å². The van der Waals surface area contributed by atoms with Crippen molar-refractivity contribution < 1.29 is 57.5 Å². The van der Waals surface area contributed by atoms with Crippen molar-refractivity contribution in [2.24, 2.45) is 0 Å². The molecule has 2 N–H and O–H groups in total. The number of furan rings is 1. The van der Waals surface area contributed by atoms with Crippen molar-refractivity contribution in [2.45, 2.75) is 26.7 Å². The molecule has 0 radical (unpaired) electrons. The molecule has 0 bridgehead atoms. The van der Waals surface area contributed by atoms with Gasteiger partial charge >= 0.3 is 19.2 Å². The third-order valence-corrected chi connectivity index (χ3v) is 24.2. The fraction of sp³-hybridized carbons (Fsp3) is 0.0463. The lowest BCUT2D eigenvalue weighted by atomic mass is 9.80. The van der Waals surface area contributed by atoms with Crippen LogP contribution in [-0.2, 0) is 27.2 Å². The van der Waals surface area contributed by atoms with Crippen molar-refractivity contribution in [1.29, 1.82) is 0 Å². The quantitative estimate of drug-likeness (QED) is 0.0891. The van der Waals surface area contributed by atoms with Crippen LogP contribution in [0.2, 0.25) is 15.1 Å². The highest BCUT2D eigenvalue weighted by molar-refractivity contribution is 9.10. The Morgan fingerprint density at radius 2 is 0.800 bits per heavy atom. The summed E-state index contributed by atoms with van der Waals surface area (Å²) in [5.74, 6) is -0.419. The summed E-state index contributed by atoms with van der Waals surface area (Å²) in [5.41, 5.74) is 21.0. The van der Waals surface area contributed by atoms with Gasteiger partial charge in [0.2, 0.25) is 21.7 Å². The van der Waals surface area contributed by atoms with Gasteiger partial charge in [0.25, 0.3) is 0 Å². The molecule has 0 spiro atoms. The van der Waals surface area contributed by atoms with Crippen molar-refractivity contribution in [3.63, 3.8) is 0 Å². The number of aryl methyl sites for hydroxylation is 1. The lowest BCUT2D eigenvalue weighted by molar-refractivity contribution is -0.191. The highest BCUT2D eigenvalue weighted by Crippen LogP contribution is 2.43. The van der Waals surface area contributed by atoms with E-state index in [0.717, 1.165) is 73.2 Å². The molecule has 22 aromatic rings. The lowest BCUT2D eigenvalue weighted by Crippen LogP contribution is -2.30. The average Bonchev–Trinajstić information content (AvgIpc) is 1.59. The highest BCUT2D eigenvalue weighted by atomic mass is 79.9. The zero-order chi connectivity index (χ0) is 90.1. The maximum absolute atomic E-state index is 13.6. The number of ketones is 1. The number of ether oxygens (including phenoxy) is 1. The van der Waals surface area contributed by atoms with Crippen molar-refractivity contribution in [3.8, 4) is 39.1 Å². The molecule has 130 heavy (non-hydrogen) atoms. The van der Waals surface area contributed by atoms with Gasteiger partial charge in [0.15, 0.2) is 5.78 Å². The number of esters is 1. The number of carbonyl (C=O) groups is 2. The summed E-state index contributed by atoms with van der Waals surface area (Å²) in [4.78, 5) is 92.1. The Morgan fingerprint density at radius 3 is 1.36 bits per heavy atom. The molecule has 0 saturated carbocycles. The van der Waals surface area contributed by atoms with Crippen molar-refractivity contribution in [3.05, 3.63) is 421 Å². The first-order valence-electron chi connectivity index (χ1n) is 41.2. The number of hydrogen-bond acceptors (Lipinski definition) is 16. The summed E-state index contributed by atoms with van der Waals surface area (Å²) >= 11 is 21.1. The smallest absolute Gasteiger partial charge is 0.488 e. The van der Waals surface area contributed by atoms with Gasteiger partial charge in [0, 0.05) is 70.0 Å². The van der Waals surface area contributed by atoms with Crippen LogP contribution < -0.4 is 27.2 Å². The second-order valence-corrected chi connectivity index (χ2v) is 32.7. The lowest BCUT2D eigenvalue weighted by Gasteiger charge is -2.10. The minimum Gasteiger partial charge on any atom is -1.00 e. The normalized spacial score (nSPS) is 11.5. The van der Waals surface area contributed by atoms with E-state index in [4.69, 9.17) is 81.3 Å². The summed E-state index contributed by atoms with van der Waals surface area (Å²) in [6.45, 7) is 4.21. The van der Waals surface area contributed by atoms with E-state index in [0.29, 0.717) is 137 Å². The van der Waals surface area contributed by atoms with Crippen LogP contribution >= 0.6 is 50.7 Å². The van der Waals surface area contributed by atoms with Crippen LogP contribution in [0.4, 0.5) is 0 Å². The van der Waals surface area contributed by atoms with Crippen LogP contribution in [0.5, 0.6) is 0 Å². The molecule has 16 aromatic carbocycles. The van der Waals surface area contributed by atoms with Crippen LogP contribution in [0.3, 0.4) is 0 Å². The molecule has 2 aliphatic carbocycles. The van der Waals surface area contributed by atoms with E-state index < -0.39 is 7.12 Å². The molecule has 0 aliphatic heterocycles. The Bertz CT molecular complexity index is 8570. The molecule has 0 fully saturated rings. The number of aromatic nitrogens is 1. The van der Waals surface area contributed by atoms with Crippen molar-refractivity contribution in [1.82, 2.24) is 4.57 Å². The largest absolute Gasteiger partial charge is 1.00 e. The number of hydrogen-bond donors (Lipinski definition) is 2. The number of nitrogens with zero attached hydrogens (tertiary/aromatic N) is 1. The summed E-state index contributed by atoms with van der Waals surface area (Å²) in [7, 11) is -1.60. The maximum Gasteiger partial charge on any atom is 0.488 e. The molecule has 0 unspecified atom stereocenters. The number of benzene rings is 16. The number of fused-ring (bicyclic) bond motifs is 20. The second kappa shape index (κ2) is 36.7. The Hall–Kier alpha value is -15.1. The Balaban J connectivity index is 0.000000113. The maximum atomic E-state index is 13.6. The highest BCUT2D eigenvalue weighted by Gasteiger charge is 2.30. The zero-order valence-electron chi connectivity index (χ0n) is 69.9. The summed E-state index contributed by atoms with van der Waals surface area (Å²) in [6, 6.07) is 102. The van der Waals surface area contributed by atoms with E-state index in [1.807, 2.05) is 146 Å². The van der Waals surface area contributed by atoms with E-state index in [1.165, 1.54) is 45.2 Å². The third kappa shape index (κ3) is 16.6. The summed E-state index contributed by atoms with van der Waals surface area (Å²) in [6.07, 6.45) is 2.23. The molecular formula is C108H69BBrCl3NO16-. The van der Waals surface area contributed by atoms with E-state index >= 15 is 0 Å². The SMILES string of the molecule is CCOC(=O)c1cc(Cl)ccc1Br.CCc1cc(Cl)ccc1-c1ccc2oc3ccccc3c(=O)c2c1.O=C1c2cc(-n3c4ccccc4c4ccccc43)ccc2-c2cc3c(=O)c4ccccc4oc3cc21.O=C=O.O=c1c2ccccc2oc2cc3oc4cc(Cl)ccc4c3cc12.O=c1c2ccccc2oc2ccc(B(O)O)cc12.[H-].c1ccc2c(c1)Cc1ccccc1-2. The first kappa shape index (κ1) is 85.6. The standard InChI is InChI=1S/C32H17NO3.C21H15ClO2.C19H9ClO3.C13H9BO4.C13H10.C9H8BrClO2.CO2.H/c34-31-22-9-3-6-12-29(22)36-30-17-25-23(16-26(30)31)19-14-13-18(15-24(19)32(25)35)33-27-10-4-1-7-20(27)21-8-2-5-11-28(21)33;1-2-13-11-15(22)8-9-16(13)14-7-10-20-18(12-14)21(23)17-5-3-4-6-19(17)24-20;20-10-5-6-11-13-8-14-18(9-17(13)23-16(11)7-10)22-15-4-2-1-3-12(15)19(14)21;15-13-9-3-1-2-4-11(9)18-12-6-5-8(14(16)17)7-10(12)13;1-3-7-12-10(5-1)9-11-6-2-4-8-13(11)12;1-2-13-9(12)7-5-6(11)3-4-8(7)10;2-1-3;/h1-17H;3-12H,2H2,1H3;1-9H;1-7,16-17H;1-8H,9H2;3-5H,2H2,1H3;;/q;;;;;;;-1. The van der Waals surface area contributed by atoms with Crippen LogP contribution in [0.1, 0.15) is 58.2 Å². The van der Waals surface area contributed by atoms with Crippen LogP contribution in [0.25, 0.3) is 171 Å². The molecule has 6 aromatic heterocycles. The number of halogens is 4. The van der Waals surface area contributed by atoms with E-state index in [-0.39, 0.29) is 46.5 Å². The van der Waals surface area contributed by atoms with Crippen LogP contribution in [-0.4, -0.2) is 46.2 Å². The number of para-hydroxylation sites is 6. The Kier molecular flexibility index (Phi) is 24.2. The fourth-order valence-electron chi connectivity index (χ4n) is 16.8. The van der Waals surface area contributed by atoms with E-state index in [9.17, 15) is 28.8 Å². The van der Waals surface area contributed by atoms with Gasteiger partial charge in [0.05, 0.1) is 66.3 Å². The first-order valence-corrected chi connectivity index (χ1v) is 43.2. The molecule has 0 atom stereocenters. The van der Waals surface area contributed by atoms with E-state index in [1.54, 1.807) is 104 Å². The van der Waals surface area contributed by atoms with Gasteiger partial charge in [-0.05, 0) is 249 Å². The first-order chi connectivity index (χ1) is 63.2. The Morgan fingerprint density at radius 1 is 0.377 bits per heavy atom. The van der Waals surface area contributed by atoms with Gasteiger partial charge in [-0.15, -0.1) is 0 Å². The number of carbonyl (C=O) groups excluding carboxylic acids is 4. The van der Waals surface area contributed by atoms with Gasteiger partial charge in [-0.2, -0.15) is 9.59 Å². The molecule has 24 rings (SSSR count). The predicted octanol–water partition coefficient (Wildman–Crippen LogP) is 25.3. The molecule has 17 nitrogen and oxygen atoms in total.